The third-order valence-corrected chi connectivity index (χ3v) is 11.4. The standard InChI is InChI=1S/C28H51NO/c1-19(2)7-6-8-20(3)23-11-12-24-22-10-9-21-17-28(30,18-29)16-15-26(21,4)25(22)13-14-27(23,24)5/h19-25,30H,6-18,29H2,1-5H3/t20-,21+,22+,23-,24+,25+,26+,27-,28+/m1/s1. The van der Waals surface area contributed by atoms with Crippen molar-refractivity contribution in [3.63, 3.8) is 0 Å². The molecular formula is C28H51NO. The van der Waals surface area contributed by atoms with Crippen LogP contribution in [0.1, 0.15) is 112 Å². The molecule has 4 aliphatic carbocycles. The maximum absolute atomic E-state index is 10.9. The highest BCUT2D eigenvalue weighted by molar-refractivity contribution is 5.11. The second-order valence-corrected chi connectivity index (χ2v) is 13.3. The first-order valence-corrected chi connectivity index (χ1v) is 13.6. The quantitative estimate of drug-likeness (QED) is 0.499. The number of aliphatic hydroxyl groups is 1. The fourth-order valence-electron chi connectivity index (χ4n) is 9.53. The van der Waals surface area contributed by atoms with Crippen molar-refractivity contribution in [2.75, 3.05) is 6.54 Å². The van der Waals surface area contributed by atoms with Gasteiger partial charge in [0.05, 0.1) is 5.60 Å². The zero-order valence-corrected chi connectivity index (χ0v) is 20.8. The first kappa shape index (κ1) is 23.1. The van der Waals surface area contributed by atoms with Gasteiger partial charge in [-0.25, -0.2) is 0 Å². The van der Waals surface area contributed by atoms with Crippen LogP contribution in [0.25, 0.3) is 0 Å². The molecule has 174 valence electrons. The van der Waals surface area contributed by atoms with E-state index in [-0.39, 0.29) is 0 Å². The Morgan fingerprint density at radius 2 is 1.60 bits per heavy atom. The van der Waals surface area contributed by atoms with Gasteiger partial charge in [0, 0.05) is 6.54 Å². The number of hydrogen-bond acceptors (Lipinski definition) is 2. The van der Waals surface area contributed by atoms with Gasteiger partial charge in [-0.3, -0.25) is 0 Å². The predicted octanol–water partition coefficient (Wildman–Crippen LogP) is 6.80. The summed E-state index contributed by atoms with van der Waals surface area (Å²) in [7, 11) is 0. The number of rotatable bonds is 6. The molecule has 30 heavy (non-hydrogen) atoms. The van der Waals surface area contributed by atoms with Crippen molar-refractivity contribution >= 4 is 0 Å². The van der Waals surface area contributed by atoms with Gasteiger partial charge < -0.3 is 10.8 Å². The molecule has 0 aliphatic heterocycles. The summed E-state index contributed by atoms with van der Waals surface area (Å²) in [5, 5.41) is 10.9. The molecule has 4 fully saturated rings. The predicted molar refractivity (Wildman–Crippen MR) is 127 cm³/mol. The van der Waals surface area contributed by atoms with Crippen LogP contribution in [0, 0.1) is 52.3 Å². The van der Waals surface area contributed by atoms with Crippen molar-refractivity contribution in [3.8, 4) is 0 Å². The van der Waals surface area contributed by atoms with E-state index in [1.165, 1.54) is 64.2 Å². The van der Waals surface area contributed by atoms with E-state index in [0.29, 0.717) is 23.3 Å². The van der Waals surface area contributed by atoms with Crippen molar-refractivity contribution in [3.05, 3.63) is 0 Å². The summed E-state index contributed by atoms with van der Waals surface area (Å²) < 4.78 is 0. The maximum atomic E-state index is 10.9. The minimum Gasteiger partial charge on any atom is -0.389 e. The topological polar surface area (TPSA) is 46.2 Å². The monoisotopic (exact) mass is 417 g/mol. The minimum absolute atomic E-state index is 0.449. The molecule has 4 aliphatic rings. The van der Waals surface area contributed by atoms with E-state index in [1.807, 2.05) is 0 Å². The maximum Gasteiger partial charge on any atom is 0.0772 e. The summed E-state index contributed by atoms with van der Waals surface area (Å²) in [6.45, 7) is 13.1. The molecule has 2 nitrogen and oxygen atoms in total. The lowest BCUT2D eigenvalue weighted by Crippen LogP contribution is -2.57. The molecule has 3 N–H and O–H groups in total. The van der Waals surface area contributed by atoms with E-state index in [9.17, 15) is 5.11 Å². The first-order valence-electron chi connectivity index (χ1n) is 13.6. The van der Waals surface area contributed by atoms with Crippen LogP contribution in [-0.2, 0) is 0 Å². The Bertz CT molecular complexity index is 603. The SMILES string of the molecule is CC(C)CCC[C@@H](C)[C@H]1CC[C@H]2[C@@H]3CC[C@H]4C[C@](O)(CN)CC[C@]4(C)[C@H]3CC[C@]12C. The van der Waals surface area contributed by atoms with Crippen LogP contribution >= 0.6 is 0 Å². The Hall–Kier alpha value is -0.0800. The molecule has 0 radical (unpaired) electrons. The highest BCUT2D eigenvalue weighted by atomic mass is 16.3. The minimum atomic E-state index is -0.579. The van der Waals surface area contributed by atoms with Crippen LogP contribution in [0.15, 0.2) is 0 Å². The number of fused-ring (bicyclic) bond motifs is 5. The van der Waals surface area contributed by atoms with Crippen LogP contribution in [0.3, 0.4) is 0 Å². The van der Waals surface area contributed by atoms with Gasteiger partial charge in [0.1, 0.15) is 0 Å². The second-order valence-electron chi connectivity index (χ2n) is 13.3. The first-order chi connectivity index (χ1) is 14.1. The van der Waals surface area contributed by atoms with Crippen molar-refractivity contribution in [2.45, 2.75) is 117 Å². The van der Waals surface area contributed by atoms with Gasteiger partial charge >= 0.3 is 0 Å². The van der Waals surface area contributed by atoms with Gasteiger partial charge in [0.15, 0.2) is 0 Å². The zero-order chi connectivity index (χ0) is 21.7. The van der Waals surface area contributed by atoms with E-state index in [0.717, 1.165) is 48.3 Å². The molecule has 2 heteroatoms. The van der Waals surface area contributed by atoms with Crippen molar-refractivity contribution in [2.24, 2.45) is 58.0 Å². The molecule has 0 bridgehead atoms. The average molecular weight is 418 g/mol. The summed E-state index contributed by atoms with van der Waals surface area (Å²) >= 11 is 0. The van der Waals surface area contributed by atoms with Crippen LogP contribution in [0.4, 0.5) is 0 Å². The fourth-order valence-corrected chi connectivity index (χ4v) is 9.53. The Morgan fingerprint density at radius 3 is 2.30 bits per heavy atom. The Kier molecular flexibility index (Phi) is 6.44. The summed E-state index contributed by atoms with van der Waals surface area (Å²) in [5.74, 6) is 6.20. The largest absolute Gasteiger partial charge is 0.389 e. The van der Waals surface area contributed by atoms with Crippen molar-refractivity contribution in [1.82, 2.24) is 0 Å². The second kappa shape index (κ2) is 8.36. The van der Waals surface area contributed by atoms with Crippen LogP contribution in [-0.4, -0.2) is 17.3 Å². The molecule has 0 aromatic heterocycles. The molecule has 0 spiro atoms. The van der Waals surface area contributed by atoms with Crippen LogP contribution in [0.5, 0.6) is 0 Å². The summed E-state index contributed by atoms with van der Waals surface area (Å²) in [4.78, 5) is 0. The van der Waals surface area contributed by atoms with Gasteiger partial charge in [-0.2, -0.15) is 0 Å². The van der Waals surface area contributed by atoms with Crippen LogP contribution < -0.4 is 5.73 Å². The van der Waals surface area contributed by atoms with Crippen molar-refractivity contribution < 1.29 is 5.11 Å². The van der Waals surface area contributed by atoms with E-state index in [1.54, 1.807) is 0 Å². The third kappa shape index (κ3) is 3.81. The Labute approximate surface area is 187 Å². The molecule has 0 saturated heterocycles. The van der Waals surface area contributed by atoms with Gasteiger partial charge in [-0.1, -0.05) is 53.9 Å². The molecule has 9 atom stereocenters. The lowest BCUT2D eigenvalue weighted by molar-refractivity contribution is -0.149. The lowest BCUT2D eigenvalue weighted by atomic mass is 9.43. The molecule has 0 amide bonds. The summed E-state index contributed by atoms with van der Waals surface area (Å²) in [5.41, 5.74) is 6.43. The molecule has 0 aromatic rings. The smallest absolute Gasteiger partial charge is 0.0772 e. The normalized spacial score (nSPS) is 49.4. The van der Waals surface area contributed by atoms with E-state index >= 15 is 0 Å². The number of nitrogens with two attached hydrogens (primary N) is 1. The third-order valence-electron chi connectivity index (χ3n) is 11.4. The zero-order valence-electron chi connectivity index (χ0n) is 20.8. The summed E-state index contributed by atoms with van der Waals surface area (Å²) in [6.07, 6.45) is 16.0. The van der Waals surface area contributed by atoms with Crippen molar-refractivity contribution in [1.29, 1.82) is 0 Å². The van der Waals surface area contributed by atoms with E-state index < -0.39 is 5.60 Å². The van der Waals surface area contributed by atoms with E-state index in [2.05, 4.69) is 34.6 Å². The highest BCUT2D eigenvalue weighted by Crippen LogP contribution is 2.68. The van der Waals surface area contributed by atoms with E-state index in [4.69, 9.17) is 5.73 Å². The molecule has 0 unspecified atom stereocenters. The molecule has 4 rings (SSSR count). The average Bonchev–Trinajstić information content (AvgIpc) is 3.05. The Balaban J connectivity index is 1.46. The van der Waals surface area contributed by atoms with Gasteiger partial charge in [-0.05, 0) is 110 Å². The van der Waals surface area contributed by atoms with Gasteiger partial charge in [-0.15, -0.1) is 0 Å². The summed E-state index contributed by atoms with van der Waals surface area (Å²) in [6, 6.07) is 0. The number of hydrogen-bond donors (Lipinski definition) is 2. The molecular weight excluding hydrogens is 366 g/mol. The fraction of sp³-hybridized carbons (Fsp3) is 1.00. The molecule has 0 heterocycles. The van der Waals surface area contributed by atoms with Crippen LogP contribution in [0.2, 0.25) is 0 Å². The Morgan fingerprint density at radius 1 is 0.867 bits per heavy atom. The van der Waals surface area contributed by atoms with Gasteiger partial charge in [0.25, 0.3) is 0 Å². The molecule has 4 saturated carbocycles. The molecule has 0 aromatic carbocycles. The highest BCUT2D eigenvalue weighted by Gasteiger charge is 2.61. The van der Waals surface area contributed by atoms with Gasteiger partial charge in [0.2, 0.25) is 0 Å². The lowest BCUT2D eigenvalue weighted by Gasteiger charge is -2.62.